The molecule has 0 saturated carbocycles. The number of methoxy groups -OCH3 is 2. The van der Waals surface area contributed by atoms with Crippen LogP contribution in [0.5, 0.6) is 11.5 Å². The number of para-hydroxylation sites is 1. The summed E-state index contributed by atoms with van der Waals surface area (Å²) >= 11 is 0. The van der Waals surface area contributed by atoms with E-state index < -0.39 is 0 Å². The van der Waals surface area contributed by atoms with Crippen LogP contribution in [0.15, 0.2) is 24.5 Å². The van der Waals surface area contributed by atoms with Gasteiger partial charge in [0.2, 0.25) is 0 Å². The second-order valence-corrected chi connectivity index (χ2v) is 6.72. The van der Waals surface area contributed by atoms with E-state index in [0.717, 1.165) is 5.82 Å². The number of aromatic nitrogens is 5. The Hall–Kier alpha value is -3.63. The van der Waals surface area contributed by atoms with Crippen molar-refractivity contribution in [3.63, 3.8) is 0 Å². The van der Waals surface area contributed by atoms with Crippen LogP contribution in [0.2, 0.25) is 0 Å². The number of urea groups is 1. The average molecular weight is 412 g/mol. The van der Waals surface area contributed by atoms with Crippen molar-refractivity contribution < 1.29 is 14.3 Å². The summed E-state index contributed by atoms with van der Waals surface area (Å²) in [7, 11) is 3.11. The fraction of sp³-hybridized carbons (Fsp3) is 0.421. The summed E-state index contributed by atoms with van der Waals surface area (Å²) in [6.45, 7) is 5.01. The van der Waals surface area contributed by atoms with Gasteiger partial charge in [-0.2, -0.15) is 0 Å². The third kappa shape index (κ3) is 3.53. The molecule has 1 N–H and O–H groups in total. The molecule has 0 unspecified atom stereocenters. The summed E-state index contributed by atoms with van der Waals surface area (Å²) in [5, 5.41) is 11.3. The van der Waals surface area contributed by atoms with Gasteiger partial charge in [0.25, 0.3) is 0 Å². The van der Waals surface area contributed by atoms with Gasteiger partial charge in [-0.15, -0.1) is 5.10 Å². The number of nitrogens with zero attached hydrogens (tertiary/aromatic N) is 7. The number of anilines is 2. The minimum atomic E-state index is -0.206. The van der Waals surface area contributed by atoms with E-state index in [9.17, 15) is 4.79 Å². The first-order chi connectivity index (χ1) is 14.7. The number of nitrogens with one attached hydrogen (secondary N) is 1. The van der Waals surface area contributed by atoms with Gasteiger partial charge in [0.05, 0.1) is 14.2 Å². The van der Waals surface area contributed by atoms with Crippen molar-refractivity contribution in [2.75, 3.05) is 50.6 Å². The maximum absolute atomic E-state index is 12.8. The van der Waals surface area contributed by atoms with Gasteiger partial charge in [0.1, 0.15) is 23.5 Å². The van der Waals surface area contributed by atoms with Gasteiger partial charge in [-0.05, 0) is 19.1 Å². The molecule has 0 atom stereocenters. The zero-order chi connectivity index (χ0) is 21.1. The summed E-state index contributed by atoms with van der Waals surface area (Å²) in [6.07, 6.45) is 1.53. The van der Waals surface area contributed by atoms with Crippen molar-refractivity contribution in [2.24, 2.45) is 0 Å². The van der Waals surface area contributed by atoms with E-state index in [1.165, 1.54) is 6.33 Å². The largest absolute Gasteiger partial charge is 0.494 e. The van der Waals surface area contributed by atoms with Gasteiger partial charge in [-0.3, -0.25) is 0 Å². The van der Waals surface area contributed by atoms with Gasteiger partial charge in [0, 0.05) is 32.7 Å². The average Bonchev–Trinajstić information content (AvgIpc) is 3.22. The quantitative estimate of drug-likeness (QED) is 0.673. The zero-order valence-electron chi connectivity index (χ0n) is 17.2. The van der Waals surface area contributed by atoms with Gasteiger partial charge >= 0.3 is 6.03 Å². The standard InChI is InChI=1S/C19H24N8O3/c1-4-27-18-16(23-24-27)17(20-12-21-18)25-8-10-26(11-9-25)19(28)22-15-13(29-2)6-5-7-14(15)30-3/h5-7,12H,4,8-11H2,1-3H3,(H,22,28). The molecule has 1 aliphatic rings. The summed E-state index contributed by atoms with van der Waals surface area (Å²) in [5.74, 6) is 1.83. The number of amides is 2. The number of carbonyl (C=O) groups is 1. The second-order valence-electron chi connectivity index (χ2n) is 6.72. The molecule has 30 heavy (non-hydrogen) atoms. The molecule has 4 rings (SSSR count). The third-order valence-electron chi connectivity index (χ3n) is 5.11. The van der Waals surface area contributed by atoms with Crippen molar-refractivity contribution in [1.82, 2.24) is 29.9 Å². The minimum Gasteiger partial charge on any atom is -0.494 e. The molecule has 158 valence electrons. The van der Waals surface area contributed by atoms with Crippen molar-refractivity contribution in [2.45, 2.75) is 13.5 Å². The summed E-state index contributed by atoms with van der Waals surface area (Å²) in [4.78, 5) is 25.4. The van der Waals surface area contributed by atoms with Crippen LogP contribution in [0.25, 0.3) is 11.2 Å². The lowest BCUT2D eigenvalue weighted by molar-refractivity contribution is 0.208. The first-order valence-electron chi connectivity index (χ1n) is 9.72. The normalized spacial score (nSPS) is 14.1. The summed E-state index contributed by atoms with van der Waals surface area (Å²) in [6, 6.07) is 5.16. The molecule has 3 heterocycles. The van der Waals surface area contributed by atoms with Crippen molar-refractivity contribution in [1.29, 1.82) is 0 Å². The summed E-state index contributed by atoms with van der Waals surface area (Å²) < 4.78 is 12.4. The molecular formula is C19H24N8O3. The Morgan fingerprint density at radius 1 is 1.10 bits per heavy atom. The Morgan fingerprint density at radius 3 is 2.43 bits per heavy atom. The first-order valence-corrected chi connectivity index (χ1v) is 9.72. The molecule has 2 amide bonds. The van der Waals surface area contributed by atoms with E-state index in [0.29, 0.717) is 61.1 Å². The number of hydrogen-bond acceptors (Lipinski definition) is 8. The highest BCUT2D eigenvalue weighted by Crippen LogP contribution is 2.34. The molecule has 1 saturated heterocycles. The fourth-order valence-corrected chi connectivity index (χ4v) is 3.51. The van der Waals surface area contributed by atoms with Crippen LogP contribution >= 0.6 is 0 Å². The molecule has 11 nitrogen and oxygen atoms in total. The summed E-state index contributed by atoms with van der Waals surface area (Å²) in [5.41, 5.74) is 1.91. The van der Waals surface area contributed by atoms with Crippen LogP contribution < -0.4 is 19.7 Å². The molecule has 0 aliphatic carbocycles. The molecule has 0 bridgehead atoms. The van der Waals surface area contributed by atoms with Crippen LogP contribution in [0.3, 0.4) is 0 Å². The highest BCUT2D eigenvalue weighted by molar-refractivity contribution is 5.93. The maximum atomic E-state index is 12.8. The molecule has 3 aromatic rings. The number of aryl methyl sites for hydroxylation is 1. The van der Waals surface area contributed by atoms with Crippen molar-refractivity contribution in [3.8, 4) is 11.5 Å². The predicted molar refractivity (Wildman–Crippen MR) is 111 cm³/mol. The van der Waals surface area contributed by atoms with E-state index in [2.05, 4.69) is 30.5 Å². The van der Waals surface area contributed by atoms with Crippen molar-refractivity contribution in [3.05, 3.63) is 24.5 Å². The van der Waals surface area contributed by atoms with Gasteiger partial charge < -0.3 is 24.6 Å². The molecule has 1 aromatic carbocycles. The first kappa shape index (κ1) is 19.7. The molecule has 0 spiro atoms. The monoisotopic (exact) mass is 412 g/mol. The smallest absolute Gasteiger partial charge is 0.322 e. The lowest BCUT2D eigenvalue weighted by Crippen LogP contribution is -2.50. The third-order valence-corrected chi connectivity index (χ3v) is 5.11. The minimum absolute atomic E-state index is 0.206. The van der Waals surface area contributed by atoms with Gasteiger partial charge in [0.15, 0.2) is 17.0 Å². The molecule has 0 radical (unpaired) electrons. The number of ether oxygens (including phenoxy) is 2. The zero-order valence-corrected chi connectivity index (χ0v) is 17.2. The van der Waals surface area contributed by atoms with E-state index >= 15 is 0 Å². The lowest BCUT2D eigenvalue weighted by atomic mass is 10.2. The Bertz CT molecular complexity index is 1020. The van der Waals surface area contributed by atoms with Gasteiger partial charge in [-0.25, -0.2) is 19.4 Å². The van der Waals surface area contributed by atoms with Crippen LogP contribution in [0.1, 0.15) is 6.92 Å². The highest BCUT2D eigenvalue weighted by Gasteiger charge is 2.25. The molecule has 1 fully saturated rings. The number of hydrogen-bond donors (Lipinski definition) is 1. The lowest BCUT2D eigenvalue weighted by Gasteiger charge is -2.35. The molecule has 11 heteroatoms. The Labute approximate surface area is 173 Å². The van der Waals surface area contributed by atoms with E-state index in [1.54, 1.807) is 35.9 Å². The number of rotatable bonds is 5. The van der Waals surface area contributed by atoms with E-state index in [-0.39, 0.29) is 6.03 Å². The predicted octanol–water partition coefficient (Wildman–Crippen LogP) is 1.61. The fourth-order valence-electron chi connectivity index (χ4n) is 3.51. The Balaban J connectivity index is 1.46. The Morgan fingerprint density at radius 2 is 1.80 bits per heavy atom. The number of benzene rings is 1. The SMILES string of the molecule is CCn1nnc2c(N3CCN(C(=O)Nc4c(OC)cccc4OC)CC3)ncnc21. The second kappa shape index (κ2) is 8.39. The van der Waals surface area contributed by atoms with Crippen LogP contribution in [0, 0.1) is 0 Å². The van der Waals surface area contributed by atoms with Crippen LogP contribution in [-0.2, 0) is 6.54 Å². The maximum Gasteiger partial charge on any atom is 0.322 e. The van der Waals surface area contributed by atoms with Crippen LogP contribution in [0.4, 0.5) is 16.3 Å². The van der Waals surface area contributed by atoms with Crippen molar-refractivity contribution >= 4 is 28.7 Å². The topological polar surface area (TPSA) is 111 Å². The Kier molecular flexibility index (Phi) is 5.50. The number of carbonyl (C=O) groups excluding carboxylic acids is 1. The highest BCUT2D eigenvalue weighted by atomic mass is 16.5. The number of fused-ring (bicyclic) bond motifs is 1. The van der Waals surface area contributed by atoms with E-state index in [1.807, 2.05) is 13.0 Å². The van der Waals surface area contributed by atoms with E-state index in [4.69, 9.17) is 9.47 Å². The van der Waals surface area contributed by atoms with Gasteiger partial charge in [-0.1, -0.05) is 11.3 Å². The molecule has 2 aromatic heterocycles. The number of piperazine rings is 1. The molecular weight excluding hydrogens is 388 g/mol. The van der Waals surface area contributed by atoms with Crippen LogP contribution in [-0.4, -0.2) is 76.3 Å². The molecule has 1 aliphatic heterocycles.